The van der Waals surface area contributed by atoms with Crippen molar-refractivity contribution in [2.45, 2.75) is 38.0 Å². The first-order valence-corrected chi connectivity index (χ1v) is 14.8. The van der Waals surface area contributed by atoms with Crippen LogP contribution in [0.25, 0.3) is 10.8 Å². The standard InChI is InChI=1S/C31H30ClF2N7O2/c1-19(33)30(42)39-15-13-38(14-16-39)29-21-9-11-40(25-4-2-3-20-5-6-22(34)28(32)27(20)25)17-23(21)36-31(37-29)43-26-8-7-24(26)41-12-10-35-18-41/h2-6,10,12,18,24,26H,1,7-9,11,13-17H2. The van der Waals surface area contributed by atoms with Crippen LogP contribution < -0.4 is 14.5 Å². The summed E-state index contributed by atoms with van der Waals surface area (Å²) >= 11 is 6.47. The average Bonchev–Trinajstić information content (AvgIpc) is 3.54. The number of halogens is 3. The number of amides is 1. The Bertz CT molecular complexity index is 1710. The number of imidazole rings is 1. The Balaban J connectivity index is 1.22. The van der Waals surface area contributed by atoms with Crippen LogP contribution in [0.2, 0.25) is 5.02 Å². The molecule has 2 atom stereocenters. The Kier molecular flexibility index (Phi) is 7.12. The Hall–Kier alpha value is -4.25. The van der Waals surface area contributed by atoms with Crippen molar-refractivity contribution in [3.05, 3.63) is 83.6 Å². The monoisotopic (exact) mass is 605 g/mol. The van der Waals surface area contributed by atoms with E-state index in [0.29, 0.717) is 57.1 Å². The van der Waals surface area contributed by atoms with Crippen molar-refractivity contribution in [3.8, 4) is 6.01 Å². The molecule has 2 unspecified atom stereocenters. The fraction of sp³-hybridized carbons (Fsp3) is 0.355. The van der Waals surface area contributed by atoms with Gasteiger partial charge < -0.3 is 24.0 Å². The summed E-state index contributed by atoms with van der Waals surface area (Å²) in [5, 5.41) is 1.64. The lowest BCUT2D eigenvalue weighted by atomic mass is 9.89. The number of piperazine rings is 1. The lowest BCUT2D eigenvalue weighted by Crippen LogP contribution is -2.49. The zero-order chi connectivity index (χ0) is 29.7. The van der Waals surface area contributed by atoms with Crippen LogP contribution in [0.1, 0.15) is 30.1 Å². The predicted octanol–water partition coefficient (Wildman–Crippen LogP) is 5.10. The smallest absolute Gasteiger partial charge is 0.319 e. The van der Waals surface area contributed by atoms with Gasteiger partial charge in [-0.15, -0.1) is 0 Å². The topological polar surface area (TPSA) is 79.6 Å². The van der Waals surface area contributed by atoms with Crippen molar-refractivity contribution in [1.29, 1.82) is 0 Å². The van der Waals surface area contributed by atoms with E-state index in [1.54, 1.807) is 18.6 Å². The molecule has 2 aromatic heterocycles. The molecule has 4 aromatic rings. The number of nitrogens with zero attached hydrogens (tertiary/aromatic N) is 7. The molecule has 2 aliphatic heterocycles. The van der Waals surface area contributed by atoms with Crippen molar-refractivity contribution in [3.63, 3.8) is 0 Å². The molecule has 2 fully saturated rings. The first-order valence-electron chi connectivity index (χ1n) is 14.4. The van der Waals surface area contributed by atoms with Gasteiger partial charge in [0, 0.05) is 61.8 Å². The van der Waals surface area contributed by atoms with Crippen LogP contribution in [-0.4, -0.2) is 69.2 Å². The van der Waals surface area contributed by atoms with Gasteiger partial charge in [0.15, 0.2) is 5.83 Å². The Morgan fingerprint density at radius 1 is 1.05 bits per heavy atom. The number of ether oxygens (including phenoxy) is 1. The number of fused-ring (bicyclic) bond motifs is 2. The van der Waals surface area contributed by atoms with E-state index in [2.05, 4.69) is 21.4 Å². The van der Waals surface area contributed by atoms with Crippen LogP contribution in [-0.2, 0) is 17.8 Å². The number of benzene rings is 2. The maximum absolute atomic E-state index is 14.5. The number of aromatic nitrogens is 4. The average molecular weight is 606 g/mol. The van der Waals surface area contributed by atoms with Crippen molar-refractivity contribution in [2.24, 2.45) is 0 Å². The molecule has 9 nitrogen and oxygen atoms in total. The fourth-order valence-corrected chi connectivity index (χ4v) is 6.56. The molecule has 3 aliphatic rings. The van der Waals surface area contributed by atoms with Crippen molar-refractivity contribution in [1.82, 2.24) is 24.4 Å². The van der Waals surface area contributed by atoms with E-state index in [1.165, 1.54) is 11.0 Å². The maximum Gasteiger partial charge on any atom is 0.319 e. The van der Waals surface area contributed by atoms with Gasteiger partial charge in [-0.25, -0.2) is 13.8 Å². The van der Waals surface area contributed by atoms with E-state index in [-0.39, 0.29) is 17.2 Å². The molecular weight excluding hydrogens is 576 g/mol. The van der Waals surface area contributed by atoms with Crippen LogP contribution in [0, 0.1) is 5.82 Å². The van der Waals surface area contributed by atoms with Gasteiger partial charge in [0.2, 0.25) is 0 Å². The summed E-state index contributed by atoms with van der Waals surface area (Å²) in [6.45, 7) is 5.96. The second kappa shape index (κ2) is 11.1. The minimum Gasteiger partial charge on any atom is -0.458 e. The summed E-state index contributed by atoms with van der Waals surface area (Å²) in [7, 11) is 0. The highest BCUT2D eigenvalue weighted by Crippen LogP contribution is 2.39. The Labute approximate surface area is 252 Å². The van der Waals surface area contributed by atoms with Gasteiger partial charge in [0.1, 0.15) is 17.7 Å². The molecule has 1 aliphatic carbocycles. The number of hydrogen-bond donors (Lipinski definition) is 0. The number of hydrogen-bond acceptors (Lipinski definition) is 7. The van der Waals surface area contributed by atoms with Crippen LogP contribution in [0.3, 0.4) is 0 Å². The zero-order valence-corrected chi connectivity index (χ0v) is 24.2. The number of carbonyl (C=O) groups excluding carboxylic acids is 1. The first-order chi connectivity index (χ1) is 20.9. The molecule has 0 radical (unpaired) electrons. The molecule has 2 aromatic carbocycles. The summed E-state index contributed by atoms with van der Waals surface area (Å²) < 4.78 is 36.5. The summed E-state index contributed by atoms with van der Waals surface area (Å²) in [5.74, 6) is -1.32. The summed E-state index contributed by atoms with van der Waals surface area (Å²) in [6.07, 6.45) is 7.88. The Morgan fingerprint density at radius 2 is 1.88 bits per heavy atom. The molecule has 1 amide bonds. The van der Waals surface area contributed by atoms with Crippen LogP contribution in [0.4, 0.5) is 20.3 Å². The van der Waals surface area contributed by atoms with E-state index >= 15 is 0 Å². The molecule has 12 heteroatoms. The van der Waals surface area contributed by atoms with Gasteiger partial charge in [-0.2, -0.15) is 9.97 Å². The van der Waals surface area contributed by atoms with Crippen LogP contribution >= 0.6 is 11.6 Å². The second-order valence-corrected chi connectivity index (χ2v) is 11.5. The molecule has 222 valence electrons. The Morgan fingerprint density at radius 3 is 2.60 bits per heavy atom. The van der Waals surface area contributed by atoms with E-state index in [0.717, 1.165) is 41.0 Å². The van der Waals surface area contributed by atoms with Crippen molar-refractivity contribution in [2.75, 3.05) is 42.5 Å². The summed E-state index contributed by atoms with van der Waals surface area (Å²) in [6, 6.07) is 9.39. The molecule has 4 heterocycles. The third kappa shape index (κ3) is 5.05. The predicted molar refractivity (Wildman–Crippen MR) is 160 cm³/mol. The minimum absolute atomic E-state index is 0.0929. The fourth-order valence-electron chi connectivity index (χ4n) is 6.29. The van der Waals surface area contributed by atoms with Gasteiger partial charge in [-0.1, -0.05) is 36.4 Å². The molecule has 1 saturated carbocycles. The van der Waals surface area contributed by atoms with Crippen molar-refractivity contribution >= 4 is 39.8 Å². The molecular formula is C31H30ClF2N7O2. The normalized spacial score (nSPS) is 20.1. The molecule has 43 heavy (non-hydrogen) atoms. The molecule has 1 saturated heterocycles. The largest absolute Gasteiger partial charge is 0.458 e. The molecule has 0 spiro atoms. The van der Waals surface area contributed by atoms with E-state index in [9.17, 15) is 13.6 Å². The molecule has 0 bridgehead atoms. The van der Waals surface area contributed by atoms with E-state index < -0.39 is 17.6 Å². The number of anilines is 2. The first kappa shape index (κ1) is 27.6. The quantitative estimate of drug-likeness (QED) is 0.283. The van der Waals surface area contributed by atoms with E-state index in [1.807, 2.05) is 29.0 Å². The van der Waals surface area contributed by atoms with Gasteiger partial charge in [0.05, 0.1) is 29.6 Å². The highest BCUT2D eigenvalue weighted by molar-refractivity contribution is 6.36. The van der Waals surface area contributed by atoms with Crippen LogP contribution in [0.5, 0.6) is 6.01 Å². The van der Waals surface area contributed by atoms with Crippen molar-refractivity contribution < 1.29 is 18.3 Å². The van der Waals surface area contributed by atoms with Gasteiger partial charge in [0.25, 0.3) is 5.91 Å². The molecule has 7 rings (SSSR count). The summed E-state index contributed by atoms with van der Waals surface area (Å²) in [5.41, 5.74) is 2.67. The van der Waals surface area contributed by atoms with E-state index in [4.69, 9.17) is 26.3 Å². The maximum atomic E-state index is 14.5. The van der Waals surface area contributed by atoms with Gasteiger partial charge in [-0.3, -0.25) is 4.79 Å². The summed E-state index contributed by atoms with van der Waals surface area (Å²) in [4.78, 5) is 31.9. The lowest BCUT2D eigenvalue weighted by Gasteiger charge is -2.39. The van der Waals surface area contributed by atoms with Gasteiger partial charge >= 0.3 is 6.01 Å². The second-order valence-electron chi connectivity index (χ2n) is 11.2. The third-order valence-electron chi connectivity index (χ3n) is 8.72. The SMILES string of the molecule is C=C(F)C(=O)N1CCN(c2nc(OC3CCC3n3ccnc3)nc3c2CCN(c2cccc4ccc(F)c(Cl)c24)C3)CC1. The third-order valence-corrected chi connectivity index (χ3v) is 9.09. The van der Waals surface area contributed by atoms with Crippen LogP contribution in [0.15, 0.2) is 61.5 Å². The number of carbonyl (C=O) groups is 1. The highest BCUT2D eigenvalue weighted by atomic mass is 35.5. The molecule has 0 N–H and O–H groups in total. The number of rotatable bonds is 6. The zero-order valence-electron chi connectivity index (χ0n) is 23.4. The highest BCUT2D eigenvalue weighted by Gasteiger charge is 2.36. The lowest BCUT2D eigenvalue weighted by molar-refractivity contribution is -0.128. The minimum atomic E-state index is -0.954. The van der Waals surface area contributed by atoms with Gasteiger partial charge in [-0.05, 0) is 36.8 Å².